The molecule has 0 bridgehead atoms. The van der Waals surface area contributed by atoms with Gasteiger partial charge in [0.1, 0.15) is 6.61 Å². The molecule has 1 aliphatic rings. The molecule has 1 saturated heterocycles. The van der Waals surface area contributed by atoms with Gasteiger partial charge in [-0.1, -0.05) is 18.2 Å². The first kappa shape index (κ1) is 18.2. The van der Waals surface area contributed by atoms with E-state index in [2.05, 4.69) is 9.97 Å². The normalized spacial score (nSPS) is 15.7. The fraction of sp³-hybridized carbons (Fsp3) is 0.389. The topological polar surface area (TPSA) is 55.3 Å². The van der Waals surface area contributed by atoms with E-state index in [9.17, 15) is 18.0 Å². The van der Waals surface area contributed by atoms with E-state index in [4.69, 9.17) is 4.74 Å². The van der Waals surface area contributed by atoms with Crippen LogP contribution < -0.4 is 4.90 Å². The van der Waals surface area contributed by atoms with Gasteiger partial charge >= 0.3 is 12.1 Å². The number of esters is 1. The fourth-order valence-electron chi connectivity index (χ4n) is 2.96. The lowest BCUT2D eigenvalue weighted by atomic mass is 9.97. The number of halogens is 3. The molecule has 0 spiro atoms. The molecule has 3 rings (SSSR count). The molecule has 0 radical (unpaired) electrons. The molecule has 2 aromatic rings. The summed E-state index contributed by atoms with van der Waals surface area (Å²) in [5, 5.41) is 0. The van der Waals surface area contributed by atoms with Crippen LogP contribution in [0.3, 0.4) is 0 Å². The van der Waals surface area contributed by atoms with Crippen molar-refractivity contribution in [2.75, 3.05) is 18.0 Å². The molecular weight excluding hydrogens is 347 g/mol. The number of rotatable bonds is 4. The highest BCUT2D eigenvalue weighted by Crippen LogP contribution is 2.32. The van der Waals surface area contributed by atoms with E-state index in [1.165, 1.54) is 18.2 Å². The van der Waals surface area contributed by atoms with Crippen molar-refractivity contribution in [2.24, 2.45) is 5.92 Å². The van der Waals surface area contributed by atoms with Gasteiger partial charge in [-0.15, -0.1) is 0 Å². The van der Waals surface area contributed by atoms with Gasteiger partial charge in [-0.2, -0.15) is 13.2 Å². The smallest absolute Gasteiger partial charge is 0.416 e. The number of benzene rings is 1. The van der Waals surface area contributed by atoms with Crippen LogP contribution in [0.25, 0.3) is 0 Å². The van der Waals surface area contributed by atoms with Crippen molar-refractivity contribution >= 4 is 11.9 Å². The predicted octanol–water partition coefficient (Wildman–Crippen LogP) is 3.46. The van der Waals surface area contributed by atoms with E-state index < -0.39 is 17.7 Å². The van der Waals surface area contributed by atoms with Gasteiger partial charge in [-0.25, -0.2) is 9.97 Å². The maximum absolute atomic E-state index is 13.0. The molecule has 1 aliphatic heterocycles. The number of hydrogen-bond donors (Lipinski definition) is 0. The summed E-state index contributed by atoms with van der Waals surface area (Å²) in [5.41, 5.74) is -0.813. The maximum atomic E-state index is 13.0. The van der Waals surface area contributed by atoms with Crippen molar-refractivity contribution in [1.82, 2.24) is 9.97 Å². The van der Waals surface area contributed by atoms with Crippen molar-refractivity contribution in [3.8, 4) is 0 Å². The Kier molecular flexibility index (Phi) is 5.39. The minimum atomic E-state index is -4.47. The van der Waals surface area contributed by atoms with Gasteiger partial charge in [-0.3, -0.25) is 4.79 Å². The largest absolute Gasteiger partial charge is 0.461 e. The number of alkyl halides is 3. The Balaban J connectivity index is 1.54. The Morgan fingerprint density at radius 2 is 1.77 bits per heavy atom. The Hall–Kier alpha value is -2.64. The second-order valence-corrected chi connectivity index (χ2v) is 6.07. The third-order valence-electron chi connectivity index (χ3n) is 4.36. The standard InChI is InChI=1S/C18H18F3N3O2/c19-18(20,21)15-5-2-1-4-14(15)12-26-16(25)13-6-10-24(11-7-13)17-22-8-3-9-23-17/h1-5,8-9,13H,6-7,10-12H2. The molecule has 8 heteroatoms. The van der Waals surface area contributed by atoms with E-state index in [0.29, 0.717) is 31.9 Å². The van der Waals surface area contributed by atoms with Crippen LogP contribution in [0, 0.1) is 5.92 Å². The van der Waals surface area contributed by atoms with Crippen molar-refractivity contribution in [3.63, 3.8) is 0 Å². The molecular formula is C18H18F3N3O2. The third-order valence-corrected chi connectivity index (χ3v) is 4.36. The van der Waals surface area contributed by atoms with Crippen LogP contribution in [-0.4, -0.2) is 29.0 Å². The van der Waals surface area contributed by atoms with E-state index in [0.717, 1.165) is 6.07 Å². The second kappa shape index (κ2) is 7.72. The van der Waals surface area contributed by atoms with E-state index >= 15 is 0 Å². The molecule has 0 saturated carbocycles. The van der Waals surface area contributed by atoms with Crippen LogP contribution in [0.2, 0.25) is 0 Å². The van der Waals surface area contributed by atoms with Gasteiger partial charge in [0.2, 0.25) is 5.95 Å². The van der Waals surface area contributed by atoms with Crippen LogP contribution in [0.5, 0.6) is 0 Å². The number of nitrogens with zero attached hydrogens (tertiary/aromatic N) is 3. The van der Waals surface area contributed by atoms with E-state index in [1.807, 2.05) is 4.90 Å². The molecule has 1 fully saturated rings. The average molecular weight is 365 g/mol. The first-order valence-electron chi connectivity index (χ1n) is 8.29. The van der Waals surface area contributed by atoms with Gasteiger partial charge in [0.05, 0.1) is 11.5 Å². The number of hydrogen-bond acceptors (Lipinski definition) is 5. The Bertz CT molecular complexity index is 745. The van der Waals surface area contributed by atoms with Crippen LogP contribution in [-0.2, 0) is 22.3 Å². The summed E-state index contributed by atoms with van der Waals surface area (Å²) in [5.74, 6) is -0.179. The fourth-order valence-corrected chi connectivity index (χ4v) is 2.96. The average Bonchev–Trinajstić information content (AvgIpc) is 2.66. The molecule has 0 amide bonds. The summed E-state index contributed by atoms with van der Waals surface area (Å²) in [6, 6.07) is 6.85. The van der Waals surface area contributed by atoms with Crippen molar-refractivity contribution in [2.45, 2.75) is 25.6 Å². The summed E-state index contributed by atoms with van der Waals surface area (Å²) in [6.07, 6.45) is -0.0540. The van der Waals surface area contributed by atoms with Gasteiger partial charge in [0.15, 0.2) is 0 Å². The molecule has 0 N–H and O–H groups in total. The first-order valence-corrected chi connectivity index (χ1v) is 8.29. The second-order valence-electron chi connectivity index (χ2n) is 6.07. The summed E-state index contributed by atoms with van der Waals surface area (Å²) < 4.78 is 44.1. The van der Waals surface area contributed by atoms with Gasteiger partial charge in [0, 0.05) is 31.0 Å². The van der Waals surface area contributed by atoms with Gasteiger partial charge in [-0.05, 0) is 25.0 Å². The minimum absolute atomic E-state index is 0.0385. The molecule has 1 aromatic carbocycles. The zero-order valence-corrected chi connectivity index (χ0v) is 13.9. The van der Waals surface area contributed by atoms with Crippen LogP contribution in [0.15, 0.2) is 42.7 Å². The van der Waals surface area contributed by atoms with Crippen LogP contribution in [0.1, 0.15) is 24.0 Å². The lowest BCUT2D eigenvalue weighted by molar-refractivity contribution is -0.152. The number of ether oxygens (including phenoxy) is 1. The summed E-state index contributed by atoms with van der Waals surface area (Å²) in [6.45, 7) is 0.822. The van der Waals surface area contributed by atoms with Crippen molar-refractivity contribution in [3.05, 3.63) is 53.9 Å². The van der Waals surface area contributed by atoms with Crippen molar-refractivity contribution in [1.29, 1.82) is 0 Å². The lowest BCUT2D eigenvalue weighted by Crippen LogP contribution is -2.37. The molecule has 5 nitrogen and oxygen atoms in total. The molecule has 138 valence electrons. The van der Waals surface area contributed by atoms with Crippen molar-refractivity contribution < 1.29 is 22.7 Å². The van der Waals surface area contributed by atoms with E-state index in [-0.39, 0.29) is 18.1 Å². The zero-order valence-electron chi connectivity index (χ0n) is 13.9. The molecule has 0 unspecified atom stereocenters. The van der Waals surface area contributed by atoms with E-state index in [1.54, 1.807) is 18.5 Å². The van der Waals surface area contributed by atoms with Crippen LogP contribution in [0.4, 0.5) is 19.1 Å². The predicted molar refractivity (Wildman–Crippen MR) is 88.2 cm³/mol. The third kappa shape index (κ3) is 4.30. The number of carbonyl (C=O) groups is 1. The highest BCUT2D eigenvalue weighted by Gasteiger charge is 2.33. The highest BCUT2D eigenvalue weighted by atomic mass is 19.4. The van der Waals surface area contributed by atoms with Gasteiger partial charge in [0.25, 0.3) is 0 Å². The lowest BCUT2D eigenvalue weighted by Gasteiger charge is -2.30. The number of carbonyl (C=O) groups excluding carboxylic acids is 1. The quantitative estimate of drug-likeness (QED) is 0.777. The highest BCUT2D eigenvalue weighted by molar-refractivity contribution is 5.72. The monoisotopic (exact) mass is 365 g/mol. The maximum Gasteiger partial charge on any atom is 0.416 e. The zero-order chi connectivity index (χ0) is 18.6. The molecule has 0 atom stereocenters. The Morgan fingerprint density at radius 1 is 1.12 bits per heavy atom. The van der Waals surface area contributed by atoms with Crippen LogP contribution >= 0.6 is 0 Å². The Morgan fingerprint density at radius 3 is 2.42 bits per heavy atom. The van der Waals surface area contributed by atoms with Gasteiger partial charge < -0.3 is 9.64 Å². The number of aromatic nitrogens is 2. The molecule has 26 heavy (non-hydrogen) atoms. The molecule has 0 aliphatic carbocycles. The molecule has 1 aromatic heterocycles. The first-order chi connectivity index (χ1) is 12.4. The summed E-state index contributed by atoms with van der Waals surface area (Å²) in [7, 11) is 0. The summed E-state index contributed by atoms with van der Waals surface area (Å²) >= 11 is 0. The SMILES string of the molecule is O=C(OCc1ccccc1C(F)(F)F)C1CCN(c2ncccn2)CC1. The Labute approximate surface area is 148 Å². The number of piperidine rings is 1. The number of anilines is 1. The summed E-state index contributed by atoms with van der Waals surface area (Å²) in [4.78, 5) is 22.5. The minimum Gasteiger partial charge on any atom is -0.461 e. The molecule has 2 heterocycles.